The summed E-state index contributed by atoms with van der Waals surface area (Å²) in [6.07, 6.45) is 3.84. The Balaban J connectivity index is 1.35. The van der Waals surface area contributed by atoms with Crippen LogP contribution in [-0.4, -0.2) is 57.4 Å². The number of benzene rings is 2. The molecular weight excluding hydrogens is 628 g/mol. The number of Topliss-reactive ketones (excluding diaryl/α,β-unsaturated/α-hetero) is 1. The fourth-order valence-electron chi connectivity index (χ4n) is 5.05. The van der Waals surface area contributed by atoms with Crippen LogP contribution in [-0.2, 0) is 32.1 Å². The monoisotopic (exact) mass is 658 g/mol. The SMILES string of the molecule is O=C(NCc1ccccc1)C(=O)C(C[C@@H]1CCNC1=O)NC(=O)[C@H](Cc1ccccc1)NC(=O)c1cn2cc(Br)ccc2n1. The van der Waals surface area contributed by atoms with E-state index < -0.39 is 41.5 Å². The van der Waals surface area contributed by atoms with Crippen molar-refractivity contribution in [3.63, 3.8) is 0 Å². The zero-order valence-electron chi connectivity index (χ0n) is 23.7. The van der Waals surface area contributed by atoms with Crippen LogP contribution >= 0.6 is 15.9 Å². The Hall–Kier alpha value is -4.84. The number of imidazole rings is 1. The molecule has 2 aromatic heterocycles. The summed E-state index contributed by atoms with van der Waals surface area (Å²) in [7, 11) is 0. The Bertz CT molecular complexity index is 1680. The lowest BCUT2D eigenvalue weighted by atomic mass is 9.94. The molecule has 0 spiro atoms. The second-order valence-electron chi connectivity index (χ2n) is 10.6. The molecule has 1 aliphatic heterocycles. The molecule has 0 aliphatic carbocycles. The number of carbonyl (C=O) groups excluding carboxylic acids is 5. The summed E-state index contributed by atoms with van der Waals surface area (Å²) >= 11 is 3.39. The van der Waals surface area contributed by atoms with E-state index in [2.05, 4.69) is 42.2 Å². The maximum absolute atomic E-state index is 13.8. The van der Waals surface area contributed by atoms with Crippen molar-refractivity contribution < 1.29 is 24.0 Å². The van der Waals surface area contributed by atoms with Crippen LogP contribution in [0, 0.1) is 5.92 Å². The van der Waals surface area contributed by atoms with Gasteiger partial charge in [0, 0.05) is 42.3 Å². The Labute approximate surface area is 261 Å². The van der Waals surface area contributed by atoms with E-state index in [-0.39, 0.29) is 31.0 Å². The minimum Gasteiger partial charge on any atom is -0.356 e. The number of carbonyl (C=O) groups is 5. The van der Waals surface area contributed by atoms with E-state index in [4.69, 9.17) is 0 Å². The minimum atomic E-state index is -1.28. The van der Waals surface area contributed by atoms with E-state index in [1.165, 1.54) is 0 Å². The van der Waals surface area contributed by atoms with Crippen LogP contribution in [0.3, 0.4) is 0 Å². The first-order chi connectivity index (χ1) is 21.3. The Morgan fingerprint density at radius 2 is 1.61 bits per heavy atom. The minimum absolute atomic E-state index is 0.0531. The number of hydrogen-bond donors (Lipinski definition) is 4. The van der Waals surface area contributed by atoms with Gasteiger partial charge in [-0.1, -0.05) is 60.7 Å². The van der Waals surface area contributed by atoms with Gasteiger partial charge < -0.3 is 25.7 Å². The third-order valence-electron chi connectivity index (χ3n) is 7.39. The summed E-state index contributed by atoms with van der Waals surface area (Å²) in [6, 6.07) is 19.3. The van der Waals surface area contributed by atoms with Crippen molar-refractivity contribution in [2.24, 2.45) is 5.92 Å². The van der Waals surface area contributed by atoms with Crippen LogP contribution in [0.4, 0.5) is 0 Å². The molecular formula is C32H31BrN6O5. The predicted molar refractivity (Wildman–Crippen MR) is 165 cm³/mol. The molecule has 11 nitrogen and oxygen atoms in total. The van der Waals surface area contributed by atoms with Gasteiger partial charge in [0.25, 0.3) is 11.8 Å². The molecule has 5 rings (SSSR count). The molecule has 3 heterocycles. The lowest BCUT2D eigenvalue weighted by molar-refractivity contribution is -0.141. The highest BCUT2D eigenvalue weighted by Gasteiger charge is 2.35. The summed E-state index contributed by atoms with van der Waals surface area (Å²) < 4.78 is 2.48. The second-order valence-corrected chi connectivity index (χ2v) is 11.5. The largest absolute Gasteiger partial charge is 0.356 e. The molecule has 4 aromatic rings. The van der Waals surface area contributed by atoms with Crippen LogP contribution in [0.5, 0.6) is 0 Å². The number of ketones is 1. The van der Waals surface area contributed by atoms with Crippen molar-refractivity contribution >= 4 is 51.0 Å². The van der Waals surface area contributed by atoms with Crippen molar-refractivity contribution in [2.75, 3.05) is 6.54 Å². The molecule has 44 heavy (non-hydrogen) atoms. The van der Waals surface area contributed by atoms with Gasteiger partial charge in [-0.2, -0.15) is 0 Å². The van der Waals surface area contributed by atoms with E-state index in [0.717, 1.165) is 15.6 Å². The summed E-state index contributed by atoms with van der Waals surface area (Å²) in [4.78, 5) is 70.1. The fraction of sp³-hybridized carbons (Fsp3) is 0.250. The first kappa shape index (κ1) is 30.6. The number of nitrogens with one attached hydrogen (secondary N) is 4. The lowest BCUT2D eigenvalue weighted by Crippen LogP contribution is -2.55. The molecule has 4 amide bonds. The maximum atomic E-state index is 13.8. The van der Waals surface area contributed by atoms with Gasteiger partial charge in [-0.25, -0.2) is 4.98 Å². The average molecular weight is 660 g/mol. The summed E-state index contributed by atoms with van der Waals surface area (Å²) in [5.74, 6) is -3.79. The van der Waals surface area contributed by atoms with Crippen molar-refractivity contribution in [3.05, 3.63) is 106 Å². The Kier molecular flexibility index (Phi) is 9.80. The van der Waals surface area contributed by atoms with Gasteiger partial charge in [0.05, 0.1) is 6.04 Å². The highest BCUT2D eigenvalue weighted by atomic mass is 79.9. The number of hydrogen-bond acceptors (Lipinski definition) is 6. The molecule has 1 saturated heterocycles. The molecule has 0 saturated carbocycles. The summed E-state index contributed by atoms with van der Waals surface area (Å²) in [5, 5.41) is 10.8. The van der Waals surface area contributed by atoms with Gasteiger partial charge in [-0.05, 0) is 52.0 Å². The number of halogens is 1. The molecule has 12 heteroatoms. The van der Waals surface area contributed by atoms with Gasteiger partial charge in [0.2, 0.25) is 17.6 Å². The van der Waals surface area contributed by atoms with Crippen LogP contribution in [0.1, 0.15) is 34.5 Å². The third-order valence-corrected chi connectivity index (χ3v) is 7.86. The van der Waals surface area contributed by atoms with Gasteiger partial charge in [-0.3, -0.25) is 24.0 Å². The van der Waals surface area contributed by atoms with Gasteiger partial charge in [0.15, 0.2) is 0 Å². The Morgan fingerprint density at radius 3 is 2.30 bits per heavy atom. The zero-order chi connectivity index (χ0) is 31.1. The van der Waals surface area contributed by atoms with Gasteiger partial charge in [-0.15, -0.1) is 0 Å². The molecule has 1 fully saturated rings. The van der Waals surface area contributed by atoms with E-state index >= 15 is 0 Å². The van der Waals surface area contributed by atoms with Crippen molar-refractivity contribution in [1.29, 1.82) is 0 Å². The van der Waals surface area contributed by atoms with Crippen LogP contribution < -0.4 is 21.3 Å². The molecule has 0 bridgehead atoms. The van der Waals surface area contributed by atoms with Crippen molar-refractivity contribution in [3.8, 4) is 0 Å². The fourth-order valence-corrected chi connectivity index (χ4v) is 5.40. The molecule has 0 radical (unpaired) electrons. The van der Waals surface area contributed by atoms with E-state index in [0.29, 0.717) is 18.6 Å². The first-order valence-electron chi connectivity index (χ1n) is 14.2. The molecule has 4 N–H and O–H groups in total. The first-order valence-corrected chi connectivity index (χ1v) is 15.0. The van der Waals surface area contributed by atoms with E-state index in [1.807, 2.05) is 60.7 Å². The quantitative estimate of drug-likeness (QED) is 0.172. The Morgan fingerprint density at radius 1 is 0.909 bits per heavy atom. The third kappa shape index (κ3) is 7.75. The maximum Gasteiger partial charge on any atom is 0.289 e. The summed E-state index contributed by atoms with van der Waals surface area (Å²) in [6.45, 7) is 0.569. The van der Waals surface area contributed by atoms with Crippen molar-refractivity contribution in [2.45, 2.75) is 37.9 Å². The highest BCUT2D eigenvalue weighted by molar-refractivity contribution is 9.10. The standard InChI is InChI=1S/C32H31BrN6O5/c33-23-11-12-27-36-26(19-39(27)18-23)31(43)38-25(15-20-7-3-1-4-8-20)30(42)37-24(16-22-13-14-34-29(22)41)28(40)32(44)35-17-21-9-5-2-6-10-21/h1-12,18-19,22,24-25H,13-17H2,(H,34,41)(H,35,44)(H,37,42)(H,38,43)/t22-,24?,25-/m0/s1. The van der Waals surface area contributed by atoms with Crippen LogP contribution in [0.2, 0.25) is 0 Å². The average Bonchev–Trinajstić information content (AvgIpc) is 3.65. The number of pyridine rings is 1. The summed E-state index contributed by atoms with van der Waals surface area (Å²) in [5.41, 5.74) is 2.22. The molecule has 1 aliphatic rings. The molecule has 1 unspecified atom stereocenters. The van der Waals surface area contributed by atoms with E-state index in [9.17, 15) is 24.0 Å². The smallest absolute Gasteiger partial charge is 0.289 e. The second kappa shape index (κ2) is 14.1. The molecule has 2 aromatic carbocycles. The molecule has 226 valence electrons. The van der Waals surface area contributed by atoms with Gasteiger partial charge >= 0.3 is 0 Å². The zero-order valence-corrected chi connectivity index (χ0v) is 25.3. The van der Waals surface area contributed by atoms with E-state index in [1.54, 1.807) is 28.9 Å². The van der Waals surface area contributed by atoms with Crippen LogP contribution in [0.25, 0.3) is 5.65 Å². The highest BCUT2D eigenvalue weighted by Crippen LogP contribution is 2.18. The van der Waals surface area contributed by atoms with Crippen molar-refractivity contribution in [1.82, 2.24) is 30.7 Å². The van der Waals surface area contributed by atoms with Gasteiger partial charge in [0.1, 0.15) is 17.4 Å². The van der Waals surface area contributed by atoms with Crippen LogP contribution in [0.15, 0.2) is 89.7 Å². The number of amides is 4. The topological polar surface area (TPSA) is 151 Å². The number of nitrogens with zero attached hydrogens (tertiary/aromatic N) is 2. The number of aromatic nitrogens is 2. The predicted octanol–water partition coefficient (Wildman–Crippen LogP) is 2.33. The number of rotatable bonds is 12. The lowest BCUT2D eigenvalue weighted by Gasteiger charge is -2.24. The molecule has 3 atom stereocenters. The number of fused-ring (bicyclic) bond motifs is 1. The normalized spacial score (nSPS) is 15.7.